The summed E-state index contributed by atoms with van der Waals surface area (Å²) in [6.07, 6.45) is 11.6. The Balaban J connectivity index is 1.12. The van der Waals surface area contributed by atoms with E-state index < -0.39 is 17.0 Å². The van der Waals surface area contributed by atoms with Crippen LogP contribution in [0.4, 0.5) is 5.69 Å². The second kappa shape index (κ2) is 12.4. The topological polar surface area (TPSA) is 80.6 Å². The molecule has 1 spiro atoms. The van der Waals surface area contributed by atoms with E-state index in [1.165, 1.54) is 35.2 Å². The Bertz CT molecular complexity index is 1440. The molecule has 7 heteroatoms. The van der Waals surface area contributed by atoms with E-state index in [0.29, 0.717) is 44.3 Å². The van der Waals surface area contributed by atoms with Crippen LogP contribution in [0.25, 0.3) is 0 Å². The van der Waals surface area contributed by atoms with Gasteiger partial charge in [0, 0.05) is 55.0 Å². The van der Waals surface area contributed by atoms with Crippen LogP contribution < -0.4 is 4.90 Å². The molecule has 0 amide bonds. The third-order valence-electron chi connectivity index (χ3n) is 13.6. The molecule has 48 heavy (non-hydrogen) atoms. The molecule has 3 saturated carbocycles. The average molecular weight is 660 g/mol. The maximum Gasteiger partial charge on any atom is 0.171 e. The summed E-state index contributed by atoms with van der Waals surface area (Å²) in [5, 5.41) is 25.0. The standard InChI is InChI=1S/C41H57NO6/c1-37(2)27-47-41(48-28-37)20-16-34-36-31(14-18-39(34,43)26-41)33-15-19-40(44,17-8-24-46-35-9-4-7-23-45-35)38(33,3)25-32(36)29-10-12-30(13-11-29)42-21-5-6-22-42/h10-13,31-33,35,43-44H,4-7,9,14-16,18-28H2,1-3H3/t31-,32+,33-,35?,38-,39+,40-/m0/s1. The molecule has 3 aliphatic heterocycles. The van der Waals surface area contributed by atoms with Gasteiger partial charge in [-0.1, -0.05) is 50.3 Å². The summed E-state index contributed by atoms with van der Waals surface area (Å²) in [7, 11) is 0. The first kappa shape index (κ1) is 33.2. The Morgan fingerprint density at radius 3 is 2.42 bits per heavy atom. The molecular weight excluding hydrogens is 602 g/mol. The van der Waals surface area contributed by atoms with E-state index in [2.05, 4.69) is 61.8 Å². The molecule has 8 rings (SSSR count). The molecule has 3 heterocycles. The van der Waals surface area contributed by atoms with Gasteiger partial charge in [-0.3, -0.25) is 0 Å². The molecule has 2 N–H and O–H groups in total. The smallest absolute Gasteiger partial charge is 0.171 e. The van der Waals surface area contributed by atoms with Gasteiger partial charge in [0.15, 0.2) is 12.1 Å². The lowest BCUT2D eigenvalue weighted by atomic mass is 9.49. The van der Waals surface area contributed by atoms with Crippen molar-refractivity contribution in [3.63, 3.8) is 0 Å². The second-order valence-corrected chi connectivity index (χ2v) is 17.3. The lowest BCUT2D eigenvalue weighted by molar-refractivity contribution is -0.322. The van der Waals surface area contributed by atoms with Gasteiger partial charge >= 0.3 is 0 Å². The Hall–Kier alpha value is -1.92. The lowest BCUT2D eigenvalue weighted by Gasteiger charge is -2.58. The zero-order valence-electron chi connectivity index (χ0n) is 29.5. The number of fused-ring (bicyclic) bond motifs is 4. The van der Waals surface area contributed by atoms with Crippen molar-refractivity contribution in [3.05, 3.63) is 41.0 Å². The molecular formula is C41H57NO6. The van der Waals surface area contributed by atoms with Crippen molar-refractivity contribution in [1.29, 1.82) is 0 Å². The monoisotopic (exact) mass is 659 g/mol. The summed E-state index contributed by atoms with van der Waals surface area (Å²) in [6, 6.07) is 9.27. The van der Waals surface area contributed by atoms with E-state index >= 15 is 0 Å². The molecule has 0 bridgehead atoms. The molecule has 0 aromatic heterocycles. The number of benzene rings is 1. The maximum absolute atomic E-state index is 12.6. The number of hydrogen-bond donors (Lipinski definition) is 2. The van der Waals surface area contributed by atoms with E-state index in [9.17, 15) is 10.2 Å². The van der Waals surface area contributed by atoms with Gasteiger partial charge in [0.2, 0.25) is 0 Å². The number of hydrogen-bond acceptors (Lipinski definition) is 7. The molecule has 7 atom stereocenters. The Morgan fingerprint density at radius 2 is 1.69 bits per heavy atom. The Morgan fingerprint density at radius 1 is 0.917 bits per heavy atom. The van der Waals surface area contributed by atoms with E-state index in [4.69, 9.17) is 18.9 Å². The molecule has 0 radical (unpaired) electrons. The second-order valence-electron chi connectivity index (χ2n) is 17.3. The van der Waals surface area contributed by atoms with Crippen molar-refractivity contribution in [3.8, 4) is 11.8 Å². The summed E-state index contributed by atoms with van der Waals surface area (Å²) in [4.78, 5) is 2.49. The highest BCUT2D eigenvalue weighted by Gasteiger charge is 2.64. The van der Waals surface area contributed by atoms with Crippen LogP contribution in [0.1, 0.15) is 116 Å². The first-order valence-electron chi connectivity index (χ1n) is 19.1. The van der Waals surface area contributed by atoms with Crippen LogP contribution in [0.5, 0.6) is 0 Å². The van der Waals surface area contributed by atoms with E-state index in [0.717, 1.165) is 71.1 Å². The largest absolute Gasteiger partial charge is 0.385 e. The summed E-state index contributed by atoms with van der Waals surface area (Å²) in [6.45, 7) is 11.3. The first-order chi connectivity index (χ1) is 23.0. The van der Waals surface area contributed by atoms with Gasteiger partial charge in [-0.2, -0.15) is 0 Å². The van der Waals surface area contributed by atoms with Crippen LogP contribution in [0.2, 0.25) is 0 Å². The number of aliphatic hydroxyl groups is 2. The zero-order valence-corrected chi connectivity index (χ0v) is 29.5. The van der Waals surface area contributed by atoms with Crippen LogP contribution in [0, 0.1) is 34.5 Å². The average Bonchev–Trinajstić information content (AvgIpc) is 3.71. The molecule has 1 unspecified atom stereocenters. The molecule has 7 nitrogen and oxygen atoms in total. The predicted octanol–water partition coefficient (Wildman–Crippen LogP) is 6.86. The van der Waals surface area contributed by atoms with Crippen LogP contribution in [0.3, 0.4) is 0 Å². The highest BCUT2D eigenvalue weighted by Crippen LogP contribution is 2.68. The molecule has 1 aromatic carbocycles. The molecule has 3 saturated heterocycles. The quantitative estimate of drug-likeness (QED) is 0.270. The molecule has 6 fully saturated rings. The first-order valence-corrected chi connectivity index (χ1v) is 19.1. The predicted molar refractivity (Wildman–Crippen MR) is 185 cm³/mol. The van der Waals surface area contributed by atoms with Gasteiger partial charge < -0.3 is 34.1 Å². The van der Waals surface area contributed by atoms with Crippen LogP contribution >= 0.6 is 0 Å². The normalized spacial score (nSPS) is 40.1. The van der Waals surface area contributed by atoms with Crippen LogP contribution in [0.15, 0.2) is 35.4 Å². The fourth-order valence-corrected chi connectivity index (χ4v) is 10.8. The van der Waals surface area contributed by atoms with Crippen molar-refractivity contribution < 1.29 is 29.2 Å². The zero-order chi connectivity index (χ0) is 33.2. The Kier molecular flexibility index (Phi) is 8.58. The van der Waals surface area contributed by atoms with Crippen molar-refractivity contribution in [2.24, 2.45) is 22.7 Å². The molecule has 262 valence electrons. The van der Waals surface area contributed by atoms with Crippen molar-refractivity contribution >= 4 is 5.69 Å². The lowest BCUT2D eigenvalue weighted by Crippen LogP contribution is -2.58. The third-order valence-corrected chi connectivity index (χ3v) is 13.6. The SMILES string of the molecule is CC1(C)COC2(CCC3=C4[C@@H](CC[C@@]3(O)C2)[C@@H]2CC[C@@](O)(C#CCOC3CCCCO3)[C@@]2(C)C[C@@H]4c2ccc(N3CCCC3)cc2)OC1. The van der Waals surface area contributed by atoms with Crippen molar-refractivity contribution in [2.45, 2.75) is 133 Å². The van der Waals surface area contributed by atoms with Gasteiger partial charge in [0.1, 0.15) is 12.2 Å². The van der Waals surface area contributed by atoms with Crippen LogP contribution in [-0.4, -0.2) is 73.0 Å². The van der Waals surface area contributed by atoms with E-state index in [1.807, 2.05) is 0 Å². The number of rotatable bonds is 4. The highest BCUT2D eigenvalue weighted by atomic mass is 16.7. The minimum atomic E-state index is -1.08. The minimum Gasteiger partial charge on any atom is -0.385 e. The van der Waals surface area contributed by atoms with Gasteiger partial charge in [-0.15, -0.1) is 0 Å². The molecule has 4 aliphatic carbocycles. The van der Waals surface area contributed by atoms with E-state index in [-0.39, 0.29) is 29.6 Å². The van der Waals surface area contributed by atoms with Crippen LogP contribution in [-0.2, 0) is 18.9 Å². The number of anilines is 1. The Labute approximate surface area is 287 Å². The summed E-state index contributed by atoms with van der Waals surface area (Å²) >= 11 is 0. The molecule has 1 aromatic rings. The summed E-state index contributed by atoms with van der Waals surface area (Å²) in [5.74, 6) is 6.66. The fraction of sp³-hybridized carbons (Fsp3) is 0.756. The maximum atomic E-state index is 12.6. The number of allylic oxidation sites excluding steroid dienone is 1. The van der Waals surface area contributed by atoms with E-state index in [1.54, 1.807) is 0 Å². The fourth-order valence-electron chi connectivity index (χ4n) is 10.8. The summed E-state index contributed by atoms with van der Waals surface area (Å²) < 4.78 is 24.6. The summed E-state index contributed by atoms with van der Waals surface area (Å²) in [5.41, 5.74) is 2.87. The van der Waals surface area contributed by atoms with Gasteiger partial charge in [-0.05, 0) is 106 Å². The van der Waals surface area contributed by atoms with Crippen molar-refractivity contribution in [1.82, 2.24) is 0 Å². The number of ether oxygens (including phenoxy) is 4. The van der Waals surface area contributed by atoms with Gasteiger partial charge in [-0.25, -0.2) is 0 Å². The van der Waals surface area contributed by atoms with Gasteiger partial charge in [0.05, 0.1) is 18.8 Å². The van der Waals surface area contributed by atoms with Crippen molar-refractivity contribution in [2.75, 3.05) is 44.4 Å². The highest BCUT2D eigenvalue weighted by molar-refractivity contribution is 5.51. The van der Waals surface area contributed by atoms with Gasteiger partial charge in [0.25, 0.3) is 0 Å². The number of nitrogens with zero attached hydrogens (tertiary/aromatic N) is 1. The minimum absolute atomic E-state index is 0.0115. The molecule has 7 aliphatic rings. The third kappa shape index (κ3) is 5.77.